The highest BCUT2D eigenvalue weighted by molar-refractivity contribution is 5.99. The second kappa shape index (κ2) is 4.53. The van der Waals surface area contributed by atoms with Crippen LogP contribution in [0.1, 0.15) is 26.5 Å². The number of rotatable bonds is 1. The zero-order valence-electron chi connectivity index (χ0n) is 11.2. The molecule has 0 saturated heterocycles. The van der Waals surface area contributed by atoms with Gasteiger partial charge in [-0.3, -0.25) is 14.7 Å². The molecule has 0 spiro atoms. The number of hydrogen-bond donors (Lipinski definition) is 2. The first-order valence-electron chi connectivity index (χ1n) is 6.07. The fraction of sp³-hybridized carbons (Fsp3) is 0.462. The van der Waals surface area contributed by atoms with E-state index in [2.05, 4.69) is 10.3 Å². The summed E-state index contributed by atoms with van der Waals surface area (Å²) in [6, 6.07) is 2.75. The van der Waals surface area contributed by atoms with Gasteiger partial charge in [-0.15, -0.1) is 0 Å². The van der Waals surface area contributed by atoms with Gasteiger partial charge in [0.15, 0.2) is 0 Å². The summed E-state index contributed by atoms with van der Waals surface area (Å²) in [5.74, 6) is -0.308. The summed E-state index contributed by atoms with van der Waals surface area (Å²) in [5.41, 5.74) is 0.714. The van der Waals surface area contributed by atoms with Crippen molar-refractivity contribution < 1.29 is 14.7 Å². The summed E-state index contributed by atoms with van der Waals surface area (Å²) in [7, 11) is 0. The Hall–Kier alpha value is -2.11. The van der Waals surface area contributed by atoms with Gasteiger partial charge in [0.2, 0.25) is 5.91 Å². The van der Waals surface area contributed by atoms with Crippen LogP contribution in [0.2, 0.25) is 0 Å². The second-order valence-corrected chi connectivity index (χ2v) is 5.53. The lowest BCUT2D eigenvalue weighted by Gasteiger charge is -2.40. The molecule has 0 aromatic carbocycles. The lowest BCUT2D eigenvalue weighted by atomic mass is 9.97. The van der Waals surface area contributed by atoms with E-state index < -0.39 is 17.7 Å². The molecule has 2 amide bonds. The van der Waals surface area contributed by atoms with E-state index in [0.29, 0.717) is 17.8 Å². The van der Waals surface area contributed by atoms with E-state index >= 15 is 0 Å². The zero-order valence-corrected chi connectivity index (χ0v) is 11.2. The molecule has 1 aromatic heterocycles. The van der Waals surface area contributed by atoms with Gasteiger partial charge in [-0.2, -0.15) is 0 Å². The molecule has 0 bridgehead atoms. The number of amides is 2. The molecule has 19 heavy (non-hydrogen) atoms. The van der Waals surface area contributed by atoms with Gasteiger partial charge >= 0.3 is 6.09 Å². The van der Waals surface area contributed by atoms with Crippen LogP contribution in [0.5, 0.6) is 0 Å². The number of fused-ring (bicyclic) bond motifs is 1. The van der Waals surface area contributed by atoms with Gasteiger partial charge in [0.1, 0.15) is 6.04 Å². The summed E-state index contributed by atoms with van der Waals surface area (Å²) in [6.07, 6.45) is 0.827. The first-order valence-corrected chi connectivity index (χ1v) is 6.07. The molecule has 2 N–H and O–H groups in total. The Morgan fingerprint density at radius 3 is 2.79 bits per heavy atom. The van der Waals surface area contributed by atoms with Crippen LogP contribution in [-0.4, -0.2) is 38.6 Å². The van der Waals surface area contributed by atoms with Crippen LogP contribution in [0.4, 0.5) is 10.5 Å². The summed E-state index contributed by atoms with van der Waals surface area (Å²) in [6.45, 7) is 5.30. The lowest BCUT2D eigenvalue weighted by molar-refractivity contribution is -0.122. The first kappa shape index (κ1) is 13.3. The van der Waals surface area contributed by atoms with E-state index in [1.165, 1.54) is 4.90 Å². The zero-order chi connectivity index (χ0) is 14.2. The van der Waals surface area contributed by atoms with Crippen molar-refractivity contribution in [3.05, 3.63) is 24.0 Å². The van der Waals surface area contributed by atoms with Gasteiger partial charge in [0.05, 0.1) is 11.4 Å². The highest BCUT2D eigenvalue weighted by Gasteiger charge is 2.40. The average Bonchev–Trinajstić information content (AvgIpc) is 2.27. The molecule has 0 aliphatic carbocycles. The monoisotopic (exact) mass is 263 g/mol. The van der Waals surface area contributed by atoms with E-state index in [0.717, 1.165) is 0 Å². The van der Waals surface area contributed by atoms with E-state index in [9.17, 15) is 14.7 Å². The molecule has 6 nitrogen and oxygen atoms in total. The summed E-state index contributed by atoms with van der Waals surface area (Å²) in [4.78, 5) is 28.9. The standard InChI is InChI=1S/C13H17N3O3/c1-13(2,3)16(12(18)19)10-7-9-8(15-11(10)17)5-4-6-14-9/h4-6,10H,7H2,1-3H3,(H,15,17)(H,18,19). The average molecular weight is 263 g/mol. The fourth-order valence-electron chi connectivity index (χ4n) is 2.30. The Morgan fingerprint density at radius 1 is 1.53 bits per heavy atom. The molecule has 1 aromatic rings. The van der Waals surface area contributed by atoms with Gasteiger partial charge < -0.3 is 10.4 Å². The number of pyridine rings is 1. The van der Waals surface area contributed by atoms with Crippen LogP contribution in [-0.2, 0) is 11.2 Å². The molecule has 0 saturated carbocycles. The van der Waals surface area contributed by atoms with Crippen molar-refractivity contribution in [1.29, 1.82) is 0 Å². The van der Waals surface area contributed by atoms with Gasteiger partial charge in [-0.25, -0.2) is 4.79 Å². The number of carbonyl (C=O) groups is 2. The van der Waals surface area contributed by atoms with Crippen LogP contribution in [0.3, 0.4) is 0 Å². The van der Waals surface area contributed by atoms with Crippen LogP contribution >= 0.6 is 0 Å². The van der Waals surface area contributed by atoms with Gasteiger partial charge in [0.25, 0.3) is 0 Å². The number of aromatic nitrogens is 1. The van der Waals surface area contributed by atoms with Gasteiger partial charge in [0, 0.05) is 18.2 Å². The van der Waals surface area contributed by atoms with Crippen LogP contribution < -0.4 is 5.32 Å². The van der Waals surface area contributed by atoms with Crippen molar-refractivity contribution >= 4 is 17.7 Å². The Bertz CT molecular complexity index is 522. The van der Waals surface area contributed by atoms with Crippen LogP contribution in [0.25, 0.3) is 0 Å². The van der Waals surface area contributed by atoms with Crippen molar-refractivity contribution in [3.63, 3.8) is 0 Å². The smallest absolute Gasteiger partial charge is 0.408 e. The number of hydrogen-bond acceptors (Lipinski definition) is 3. The molecular weight excluding hydrogens is 246 g/mol. The SMILES string of the molecule is CC(C)(C)N(C(=O)O)C1Cc2ncccc2NC1=O. The van der Waals surface area contributed by atoms with Crippen molar-refractivity contribution in [2.75, 3.05) is 5.32 Å². The molecule has 2 heterocycles. The quantitative estimate of drug-likeness (QED) is 0.808. The minimum atomic E-state index is -1.10. The predicted octanol–water partition coefficient (Wildman–Crippen LogP) is 1.72. The van der Waals surface area contributed by atoms with E-state index in [-0.39, 0.29) is 5.91 Å². The number of nitrogens with zero attached hydrogens (tertiary/aromatic N) is 2. The Kier molecular flexibility index (Phi) is 3.18. The molecule has 1 aliphatic rings. The number of carboxylic acid groups (broad SMARTS) is 1. The highest BCUT2D eigenvalue weighted by Crippen LogP contribution is 2.26. The third-order valence-electron chi connectivity index (χ3n) is 3.08. The number of nitrogens with one attached hydrogen (secondary N) is 1. The first-order chi connectivity index (χ1) is 8.80. The molecule has 1 atom stereocenters. The largest absolute Gasteiger partial charge is 0.465 e. The van der Waals surface area contributed by atoms with Crippen LogP contribution in [0.15, 0.2) is 18.3 Å². The van der Waals surface area contributed by atoms with Crippen LogP contribution in [0, 0.1) is 0 Å². The van der Waals surface area contributed by atoms with E-state index in [1.807, 2.05) is 0 Å². The van der Waals surface area contributed by atoms with Crippen molar-refractivity contribution in [1.82, 2.24) is 9.88 Å². The minimum Gasteiger partial charge on any atom is -0.465 e. The van der Waals surface area contributed by atoms with E-state index in [1.54, 1.807) is 39.1 Å². The molecule has 6 heteroatoms. The molecular formula is C13H17N3O3. The van der Waals surface area contributed by atoms with Crippen molar-refractivity contribution in [2.24, 2.45) is 0 Å². The maximum absolute atomic E-state index is 12.1. The molecule has 0 fully saturated rings. The molecule has 102 valence electrons. The Balaban J connectivity index is 2.36. The lowest BCUT2D eigenvalue weighted by Crippen LogP contribution is -2.57. The number of anilines is 1. The second-order valence-electron chi connectivity index (χ2n) is 5.53. The Morgan fingerprint density at radius 2 is 2.21 bits per heavy atom. The van der Waals surface area contributed by atoms with Crippen molar-refractivity contribution in [2.45, 2.75) is 38.8 Å². The van der Waals surface area contributed by atoms with E-state index in [4.69, 9.17) is 0 Å². The molecule has 1 aliphatic heterocycles. The maximum atomic E-state index is 12.1. The highest BCUT2D eigenvalue weighted by atomic mass is 16.4. The fourth-order valence-corrected chi connectivity index (χ4v) is 2.30. The third-order valence-corrected chi connectivity index (χ3v) is 3.08. The predicted molar refractivity (Wildman–Crippen MR) is 70.0 cm³/mol. The molecule has 0 radical (unpaired) electrons. The van der Waals surface area contributed by atoms with Gasteiger partial charge in [-0.05, 0) is 32.9 Å². The molecule has 2 rings (SSSR count). The topological polar surface area (TPSA) is 82.5 Å². The summed E-state index contributed by atoms with van der Waals surface area (Å²) < 4.78 is 0. The number of carbonyl (C=O) groups excluding carboxylic acids is 1. The van der Waals surface area contributed by atoms with Crippen molar-refractivity contribution in [3.8, 4) is 0 Å². The van der Waals surface area contributed by atoms with Gasteiger partial charge in [-0.1, -0.05) is 0 Å². The summed E-state index contributed by atoms with van der Waals surface area (Å²) in [5, 5.41) is 12.1. The normalized spacial score (nSPS) is 18.5. The third kappa shape index (κ3) is 2.52. The summed E-state index contributed by atoms with van der Waals surface area (Å²) >= 11 is 0. The minimum absolute atomic E-state index is 0.297. The molecule has 1 unspecified atom stereocenters. The Labute approximate surface area is 111 Å². The maximum Gasteiger partial charge on any atom is 0.408 e.